The summed E-state index contributed by atoms with van der Waals surface area (Å²) in [6.07, 6.45) is 0. The van der Waals surface area contributed by atoms with E-state index in [1.165, 1.54) is 20.0 Å². The third-order valence-electron chi connectivity index (χ3n) is 3.23. The van der Waals surface area contributed by atoms with Gasteiger partial charge in [0.2, 0.25) is 0 Å². The highest BCUT2D eigenvalue weighted by Gasteiger charge is 2.32. The zero-order valence-corrected chi connectivity index (χ0v) is 11.9. The van der Waals surface area contributed by atoms with Crippen molar-refractivity contribution in [2.45, 2.75) is 26.3 Å². The molecule has 1 rings (SSSR count). The predicted molar refractivity (Wildman–Crippen MR) is 73.2 cm³/mol. The van der Waals surface area contributed by atoms with Crippen LogP contribution >= 0.6 is 0 Å². The van der Waals surface area contributed by atoms with Crippen molar-refractivity contribution in [2.75, 3.05) is 13.7 Å². The van der Waals surface area contributed by atoms with Crippen molar-refractivity contribution >= 4 is 11.7 Å². The van der Waals surface area contributed by atoms with Gasteiger partial charge in [0.15, 0.2) is 0 Å². The van der Waals surface area contributed by atoms with Gasteiger partial charge in [-0.25, -0.2) is 0 Å². The Bertz CT molecular complexity index is 544. The predicted octanol–water partition coefficient (Wildman–Crippen LogP) is 1.65. The standard InChI is InChI=1S/C13H18N2O5/c1-8-6-11(9(2)5-10(8)15(18)19)20-7-13(3,14-4)12(16)17/h5-6,14H,7H2,1-4H3,(H,16,17). The molecule has 0 aliphatic heterocycles. The maximum Gasteiger partial charge on any atom is 0.327 e. The quantitative estimate of drug-likeness (QED) is 0.607. The summed E-state index contributed by atoms with van der Waals surface area (Å²) in [6, 6.07) is 2.97. The monoisotopic (exact) mass is 282 g/mol. The maximum absolute atomic E-state index is 11.1. The Morgan fingerprint density at radius 1 is 1.45 bits per heavy atom. The van der Waals surface area contributed by atoms with E-state index in [0.29, 0.717) is 16.9 Å². The molecule has 110 valence electrons. The van der Waals surface area contributed by atoms with Crippen molar-refractivity contribution in [1.29, 1.82) is 0 Å². The zero-order valence-electron chi connectivity index (χ0n) is 11.9. The van der Waals surface area contributed by atoms with E-state index in [-0.39, 0.29) is 12.3 Å². The van der Waals surface area contributed by atoms with E-state index in [1.54, 1.807) is 19.9 Å². The van der Waals surface area contributed by atoms with Gasteiger partial charge in [0.25, 0.3) is 5.69 Å². The molecule has 20 heavy (non-hydrogen) atoms. The topological polar surface area (TPSA) is 102 Å². The number of aryl methyl sites for hydroxylation is 2. The van der Waals surface area contributed by atoms with Crippen LogP contribution in [0, 0.1) is 24.0 Å². The van der Waals surface area contributed by atoms with Gasteiger partial charge in [-0.3, -0.25) is 14.9 Å². The van der Waals surface area contributed by atoms with Crippen molar-refractivity contribution in [2.24, 2.45) is 0 Å². The second-order valence-corrected chi connectivity index (χ2v) is 4.84. The number of hydrogen-bond acceptors (Lipinski definition) is 5. The number of carboxylic acid groups (broad SMARTS) is 1. The molecule has 0 fully saturated rings. The first kappa shape index (κ1) is 15.9. The lowest BCUT2D eigenvalue weighted by Gasteiger charge is -2.24. The Morgan fingerprint density at radius 2 is 2.05 bits per heavy atom. The van der Waals surface area contributed by atoms with Gasteiger partial charge in [-0.1, -0.05) is 0 Å². The van der Waals surface area contributed by atoms with Crippen LogP contribution in [-0.4, -0.2) is 35.2 Å². The van der Waals surface area contributed by atoms with Crippen LogP contribution in [0.1, 0.15) is 18.1 Å². The molecule has 2 N–H and O–H groups in total. The van der Waals surface area contributed by atoms with Crippen LogP contribution in [0.15, 0.2) is 12.1 Å². The summed E-state index contributed by atoms with van der Waals surface area (Å²) in [7, 11) is 1.53. The Balaban J connectivity index is 2.97. The molecular weight excluding hydrogens is 264 g/mol. The van der Waals surface area contributed by atoms with Gasteiger partial charge in [0.05, 0.1) is 4.92 Å². The highest BCUT2D eigenvalue weighted by Crippen LogP contribution is 2.28. The third kappa shape index (κ3) is 3.24. The number of carbonyl (C=O) groups is 1. The van der Waals surface area contributed by atoms with Crippen LogP contribution < -0.4 is 10.1 Å². The number of likely N-dealkylation sites (N-methyl/N-ethyl adjacent to an activating group) is 1. The molecule has 0 amide bonds. The Labute approximate surface area is 116 Å². The van der Waals surface area contributed by atoms with Crippen LogP contribution in [0.25, 0.3) is 0 Å². The fourth-order valence-electron chi connectivity index (χ4n) is 1.59. The SMILES string of the molecule is CNC(C)(COc1cc(C)c([N+](=O)[O-])cc1C)C(=O)O. The summed E-state index contributed by atoms with van der Waals surface area (Å²) in [4.78, 5) is 21.5. The molecule has 0 saturated heterocycles. The largest absolute Gasteiger partial charge is 0.491 e. The minimum Gasteiger partial charge on any atom is -0.491 e. The molecule has 1 atom stereocenters. The van der Waals surface area contributed by atoms with Crippen LogP contribution in [0.5, 0.6) is 5.75 Å². The summed E-state index contributed by atoms with van der Waals surface area (Å²) in [5, 5.41) is 22.6. The van der Waals surface area contributed by atoms with Gasteiger partial charge >= 0.3 is 5.97 Å². The number of nitro benzene ring substituents is 1. The minimum atomic E-state index is -1.22. The lowest BCUT2D eigenvalue weighted by atomic mass is 10.0. The number of nitro groups is 1. The molecule has 0 aromatic heterocycles. The average molecular weight is 282 g/mol. The smallest absolute Gasteiger partial charge is 0.327 e. The zero-order chi connectivity index (χ0) is 15.5. The molecule has 7 heteroatoms. The molecule has 0 bridgehead atoms. The Hall–Kier alpha value is -2.15. The number of hydrogen-bond donors (Lipinski definition) is 2. The molecule has 0 aliphatic rings. The molecule has 0 heterocycles. The molecule has 0 radical (unpaired) electrons. The first-order valence-electron chi connectivity index (χ1n) is 6.02. The number of nitrogens with zero attached hydrogens (tertiary/aromatic N) is 1. The summed E-state index contributed by atoms with van der Waals surface area (Å²) in [5.41, 5.74) is -0.144. The first-order chi connectivity index (χ1) is 9.21. The van der Waals surface area contributed by atoms with Gasteiger partial charge in [-0.2, -0.15) is 0 Å². The maximum atomic E-state index is 11.1. The molecule has 7 nitrogen and oxygen atoms in total. The van der Waals surface area contributed by atoms with E-state index in [1.807, 2.05) is 0 Å². The summed E-state index contributed by atoms with van der Waals surface area (Å²) < 4.78 is 5.50. The van der Waals surface area contributed by atoms with Gasteiger partial charge in [-0.05, 0) is 39.4 Å². The van der Waals surface area contributed by atoms with Crippen molar-refractivity contribution in [1.82, 2.24) is 5.32 Å². The normalized spacial score (nSPS) is 13.6. The van der Waals surface area contributed by atoms with E-state index in [0.717, 1.165) is 0 Å². The lowest BCUT2D eigenvalue weighted by molar-refractivity contribution is -0.385. The first-order valence-corrected chi connectivity index (χ1v) is 6.02. The second-order valence-electron chi connectivity index (χ2n) is 4.84. The fourth-order valence-corrected chi connectivity index (χ4v) is 1.59. The van der Waals surface area contributed by atoms with Gasteiger partial charge < -0.3 is 15.2 Å². The number of benzene rings is 1. The van der Waals surface area contributed by atoms with E-state index in [4.69, 9.17) is 9.84 Å². The molecule has 1 aromatic carbocycles. The van der Waals surface area contributed by atoms with Gasteiger partial charge in [0, 0.05) is 11.6 Å². The van der Waals surface area contributed by atoms with Gasteiger partial charge in [-0.15, -0.1) is 0 Å². The van der Waals surface area contributed by atoms with E-state index >= 15 is 0 Å². The fraction of sp³-hybridized carbons (Fsp3) is 0.462. The summed E-state index contributed by atoms with van der Waals surface area (Å²) in [6.45, 7) is 4.71. The Morgan fingerprint density at radius 3 is 2.50 bits per heavy atom. The molecule has 0 saturated carbocycles. The lowest BCUT2D eigenvalue weighted by Crippen LogP contribution is -2.52. The van der Waals surface area contributed by atoms with E-state index in [2.05, 4.69) is 5.32 Å². The number of rotatable bonds is 6. The van der Waals surface area contributed by atoms with Crippen molar-refractivity contribution in [3.8, 4) is 5.75 Å². The molecule has 1 aromatic rings. The summed E-state index contributed by atoms with van der Waals surface area (Å²) >= 11 is 0. The highest BCUT2D eigenvalue weighted by atomic mass is 16.6. The number of nitrogens with one attached hydrogen (secondary N) is 1. The van der Waals surface area contributed by atoms with Crippen molar-refractivity contribution in [3.05, 3.63) is 33.4 Å². The molecular formula is C13H18N2O5. The number of aliphatic carboxylic acids is 1. The minimum absolute atomic E-state index is 0.0180. The third-order valence-corrected chi connectivity index (χ3v) is 3.23. The number of ether oxygens (including phenoxy) is 1. The van der Waals surface area contributed by atoms with Crippen LogP contribution in [0.4, 0.5) is 5.69 Å². The Kier molecular flexibility index (Phi) is 4.67. The van der Waals surface area contributed by atoms with E-state index in [9.17, 15) is 14.9 Å². The van der Waals surface area contributed by atoms with Crippen molar-refractivity contribution in [3.63, 3.8) is 0 Å². The van der Waals surface area contributed by atoms with Crippen LogP contribution in [-0.2, 0) is 4.79 Å². The molecule has 0 spiro atoms. The number of carboxylic acids is 1. The van der Waals surface area contributed by atoms with Crippen LogP contribution in [0.2, 0.25) is 0 Å². The second kappa shape index (κ2) is 5.87. The summed E-state index contributed by atoms with van der Waals surface area (Å²) in [5.74, 6) is -0.591. The molecule has 1 unspecified atom stereocenters. The van der Waals surface area contributed by atoms with E-state index < -0.39 is 16.4 Å². The average Bonchev–Trinajstić information content (AvgIpc) is 2.38. The van der Waals surface area contributed by atoms with Gasteiger partial charge in [0.1, 0.15) is 17.9 Å². The van der Waals surface area contributed by atoms with Crippen molar-refractivity contribution < 1.29 is 19.6 Å². The van der Waals surface area contributed by atoms with Crippen LogP contribution in [0.3, 0.4) is 0 Å². The highest BCUT2D eigenvalue weighted by molar-refractivity contribution is 5.78. The molecule has 0 aliphatic carbocycles.